The van der Waals surface area contributed by atoms with Crippen molar-refractivity contribution in [2.45, 2.75) is 12.6 Å². The van der Waals surface area contributed by atoms with Crippen molar-refractivity contribution in [3.63, 3.8) is 0 Å². The molecule has 0 unspecified atom stereocenters. The number of amides is 1. The van der Waals surface area contributed by atoms with Crippen LogP contribution in [0.15, 0.2) is 24.3 Å². The van der Waals surface area contributed by atoms with E-state index in [1.165, 1.54) is 0 Å². The van der Waals surface area contributed by atoms with Crippen molar-refractivity contribution in [3.05, 3.63) is 35.4 Å². The summed E-state index contributed by atoms with van der Waals surface area (Å²) < 4.78 is 5.51. The number of nitrogens with zero attached hydrogens (tertiary/aromatic N) is 2. The second kappa shape index (κ2) is 5.61. The lowest BCUT2D eigenvalue weighted by atomic mass is 10.1. The maximum atomic E-state index is 11.9. The van der Waals surface area contributed by atoms with E-state index in [9.17, 15) is 4.79 Å². The van der Waals surface area contributed by atoms with Gasteiger partial charge in [-0.1, -0.05) is 18.2 Å². The van der Waals surface area contributed by atoms with Crippen LogP contribution in [0, 0.1) is 17.2 Å². The Bertz CT molecular complexity index is 552. The average Bonchev–Trinajstić information content (AvgIpc) is 2.68. The number of hydrogen-bond acceptors (Lipinski definition) is 4. The molecule has 2 aliphatic rings. The SMILES string of the molecule is N#Cc1ccccc1CN1C[C@H]2COC[C@@H](C1)C(=O)N2. The van der Waals surface area contributed by atoms with Crippen LogP contribution in [0.1, 0.15) is 11.1 Å². The van der Waals surface area contributed by atoms with Crippen molar-refractivity contribution < 1.29 is 9.53 Å². The number of ether oxygens (including phenoxy) is 1. The molecule has 0 aliphatic carbocycles. The molecule has 0 aromatic heterocycles. The number of nitriles is 1. The zero-order valence-corrected chi connectivity index (χ0v) is 11.2. The average molecular weight is 271 g/mol. The maximum absolute atomic E-state index is 11.9. The Balaban J connectivity index is 1.78. The minimum absolute atomic E-state index is 0.0456. The minimum Gasteiger partial charge on any atom is -0.378 e. The molecule has 5 heteroatoms. The van der Waals surface area contributed by atoms with E-state index >= 15 is 0 Å². The summed E-state index contributed by atoms with van der Waals surface area (Å²) >= 11 is 0. The number of fused-ring (bicyclic) bond motifs is 3. The summed E-state index contributed by atoms with van der Waals surface area (Å²) in [6.45, 7) is 3.20. The first-order valence-corrected chi connectivity index (χ1v) is 6.85. The van der Waals surface area contributed by atoms with Gasteiger partial charge in [0.15, 0.2) is 0 Å². The quantitative estimate of drug-likeness (QED) is 0.851. The van der Waals surface area contributed by atoms with Gasteiger partial charge in [-0.2, -0.15) is 5.26 Å². The molecule has 2 bridgehead atoms. The van der Waals surface area contributed by atoms with E-state index in [1.54, 1.807) is 0 Å². The Morgan fingerprint density at radius 3 is 3.05 bits per heavy atom. The van der Waals surface area contributed by atoms with Crippen LogP contribution in [-0.4, -0.2) is 43.2 Å². The molecule has 104 valence electrons. The van der Waals surface area contributed by atoms with Gasteiger partial charge in [-0.25, -0.2) is 0 Å². The molecule has 1 aromatic rings. The van der Waals surface area contributed by atoms with Crippen molar-refractivity contribution >= 4 is 5.91 Å². The highest BCUT2D eigenvalue weighted by molar-refractivity contribution is 5.79. The Labute approximate surface area is 118 Å². The monoisotopic (exact) mass is 271 g/mol. The van der Waals surface area contributed by atoms with Gasteiger partial charge in [0.05, 0.1) is 36.8 Å². The number of hydrogen-bond donors (Lipinski definition) is 1. The number of rotatable bonds is 2. The molecule has 20 heavy (non-hydrogen) atoms. The minimum atomic E-state index is -0.114. The van der Waals surface area contributed by atoms with Crippen LogP contribution in [-0.2, 0) is 16.1 Å². The van der Waals surface area contributed by atoms with Crippen LogP contribution in [0.5, 0.6) is 0 Å². The predicted octanol–water partition coefficient (Wildman–Crippen LogP) is 0.505. The second-order valence-electron chi connectivity index (χ2n) is 5.40. The smallest absolute Gasteiger partial charge is 0.227 e. The Kier molecular flexibility index (Phi) is 3.68. The molecule has 0 spiro atoms. The van der Waals surface area contributed by atoms with E-state index in [0.717, 1.165) is 12.1 Å². The lowest BCUT2D eigenvalue weighted by molar-refractivity contribution is -0.125. The molecule has 1 amide bonds. The number of carbonyl (C=O) groups excluding carboxylic acids is 1. The Morgan fingerprint density at radius 1 is 1.35 bits per heavy atom. The molecule has 5 nitrogen and oxygen atoms in total. The van der Waals surface area contributed by atoms with E-state index < -0.39 is 0 Å². The van der Waals surface area contributed by atoms with E-state index in [2.05, 4.69) is 16.3 Å². The van der Waals surface area contributed by atoms with Gasteiger partial charge in [-0.05, 0) is 11.6 Å². The van der Waals surface area contributed by atoms with Crippen molar-refractivity contribution in [3.8, 4) is 6.07 Å². The summed E-state index contributed by atoms with van der Waals surface area (Å²) in [4.78, 5) is 14.2. The molecule has 0 radical (unpaired) electrons. The lowest BCUT2D eigenvalue weighted by Crippen LogP contribution is -2.41. The Hall–Kier alpha value is -1.90. The third-order valence-corrected chi connectivity index (χ3v) is 3.84. The van der Waals surface area contributed by atoms with Crippen LogP contribution >= 0.6 is 0 Å². The molecular weight excluding hydrogens is 254 g/mol. The summed E-state index contributed by atoms with van der Waals surface area (Å²) in [5, 5.41) is 12.2. The van der Waals surface area contributed by atoms with E-state index in [-0.39, 0.29) is 17.9 Å². The topological polar surface area (TPSA) is 65.4 Å². The van der Waals surface area contributed by atoms with Gasteiger partial charge in [-0.3, -0.25) is 9.69 Å². The fraction of sp³-hybridized carbons (Fsp3) is 0.467. The van der Waals surface area contributed by atoms with Gasteiger partial charge in [0.1, 0.15) is 0 Å². The van der Waals surface area contributed by atoms with Crippen LogP contribution in [0.25, 0.3) is 0 Å². The highest BCUT2D eigenvalue weighted by Crippen LogP contribution is 2.17. The van der Waals surface area contributed by atoms with E-state index in [1.807, 2.05) is 24.3 Å². The van der Waals surface area contributed by atoms with Gasteiger partial charge in [0.25, 0.3) is 0 Å². The normalized spacial score (nSPS) is 26.4. The third-order valence-electron chi connectivity index (χ3n) is 3.84. The fourth-order valence-electron chi connectivity index (χ4n) is 2.86. The zero-order valence-electron chi connectivity index (χ0n) is 11.2. The first kappa shape index (κ1) is 13.1. The van der Waals surface area contributed by atoms with Crippen LogP contribution < -0.4 is 5.32 Å². The molecular formula is C15H17N3O2. The maximum Gasteiger partial charge on any atom is 0.227 e. The predicted molar refractivity (Wildman–Crippen MR) is 72.7 cm³/mol. The number of carbonyl (C=O) groups is 1. The summed E-state index contributed by atoms with van der Waals surface area (Å²) in [6, 6.07) is 9.90. The molecule has 1 aromatic carbocycles. The van der Waals surface area contributed by atoms with Gasteiger partial charge < -0.3 is 10.1 Å². The molecule has 2 saturated heterocycles. The molecule has 2 heterocycles. The number of nitrogens with one attached hydrogen (secondary N) is 1. The highest BCUT2D eigenvalue weighted by atomic mass is 16.5. The highest BCUT2D eigenvalue weighted by Gasteiger charge is 2.33. The van der Waals surface area contributed by atoms with Crippen molar-refractivity contribution in [2.75, 3.05) is 26.3 Å². The molecule has 1 N–H and O–H groups in total. The summed E-state index contributed by atoms with van der Waals surface area (Å²) in [7, 11) is 0. The zero-order chi connectivity index (χ0) is 13.9. The molecule has 2 fully saturated rings. The third kappa shape index (κ3) is 2.67. The van der Waals surface area contributed by atoms with E-state index in [4.69, 9.17) is 10.00 Å². The van der Waals surface area contributed by atoms with Gasteiger partial charge in [-0.15, -0.1) is 0 Å². The molecule has 2 atom stereocenters. The largest absolute Gasteiger partial charge is 0.378 e. The van der Waals surface area contributed by atoms with Crippen molar-refractivity contribution in [1.29, 1.82) is 5.26 Å². The fourth-order valence-corrected chi connectivity index (χ4v) is 2.86. The van der Waals surface area contributed by atoms with Gasteiger partial charge in [0, 0.05) is 19.6 Å². The second-order valence-corrected chi connectivity index (χ2v) is 5.40. The van der Waals surface area contributed by atoms with Crippen LogP contribution in [0.4, 0.5) is 0 Å². The van der Waals surface area contributed by atoms with E-state index in [0.29, 0.717) is 31.9 Å². The lowest BCUT2D eigenvalue weighted by Gasteiger charge is -2.27. The van der Waals surface area contributed by atoms with Gasteiger partial charge >= 0.3 is 0 Å². The first-order chi connectivity index (χ1) is 9.76. The summed E-state index contributed by atoms with van der Waals surface area (Å²) in [5.41, 5.74) is 1.72. The standard InChI is InChI=1S/C15H17N3O2/c16-5-11-3-1-2-4-12(11)6-18-7-13-9-20-10-14(8-18)17-15(13)19/h1-4,13-14H,6-10H2,(H,17,19)/t13-,14+/m1/s1. The summed E-state index contributed by atoms with van der Waals surface area (Å²) in [6.07, 6.45) is 0. The van der Waals surface area contributed by atoms with Crippen LogP contribution in [0.3, 0.4) is 0 Å². The molecule has 3 rings (SSSR count). The van der Waals surface area contributed by atoms with Crippen molar-refractivity contribution in [1.82, 2.24) is 10.2 Å². The summed E-state index contributed by atoms with van der Waals surface area (Å²) in [5.74, 6) is -0.0275. The number of benzene rings is 1. The van der Waals surface area contributed by atoms with Crippen LogP contribution in [0.2, 0.25) is 0 Å². The Morgan fingerprint density at radius 2 is 2.20 bits per heavy atom. The molecule has 2 aliphatic heterocycles. The first-order valence-electron chi connectivity index (χ1n) is 6.85. The van der Waals surface area contributed by atoms with Crippen molar-refractivity contribution in [2.24, 2.45) is 5.92 Å². The molecule has 0 saturated carbocycles. The van der Waals surface area contributed by atoms with Gasteiger partial charge in [0.2, 0.25) is 5.91 Å².